The smallest absolute Gasteiger partial charge is 0.339 e. The number of nitrogens with zero attached hydrogens (tertiary/aromatic N) is 2. The van der Waals surface area contributed by atoms with Crippen molar-refractivity contribution in [3.05, 3.63) is 60.2 Å². The van der Waals surface area contributed by atoms with Gasteiger partial charge in [-0.25, -0.2) is 4.79 Å². The number of aromatic nitrogens is 2. The van der Waals surface area contributed by atoms with Crippen LogP contribution in [0.5, 0.6) is 0 Å². The first-order chi connectivity index (χ1) is 18.4. The fraction of sp³-hybridized carbons (Fsp3) is 0.552. The van der Waals surface area contributed by atoms with E-state index in [4.69, 9.17) is 18.9 Å². The molecule has 9 nitrogen and oxygen atoms in total. The Bertz CT molecular complexity index is 910. The molecule has 2 heterocycles. The van der Waals surface area contributed by atoms with Crippen LogP contribution >= 0.6 is 0 Å². The van der Waals surface area contributed by atoms with Crippen molar-refractivity contribution in [1.29, 1.82) is 0 Å². The van der Waals surface area contributed by atoms with Crippen LogP contribution in [0.1, 0.15) is 75.7 Å². The van der Waals surface area contributed by atoms with Gasteiger partial charge in [0.25, 0.3) is 0 Å². The van der Waals surface area contributed by atoms with Crippen molar-refractivity contribution in [2.45, 2.75) is 66.4 Å². The summed E-state index contributed by atoms with van der Waals surface area (Å²) in [5.74, 6) is -0.734. The zero-order valence-corrected chi connectivity index (χ0v) is 23.1. The van der Waals surface area contributed by atoms with Crippen LogP contribution in [-0.2, 0) is 35.1 Å². The summed E-state index contributed by atoms with van der Waals surface area (Å²) in [6.45, 7) is 9.92. The minimum atomic E-state index is -0.380. The lowest BCUT2D eigenvalue weighted by Crippen LogP contribution is -2.15. The van der Waals surface area contributed by atoms with Gasteiger partial charge in [-0.05, 0) is 55.5 Å². The molecule has 2 atom stereocenters. The fourth-order valence-electron chi connectivity index (χ4n) is 2.73. The Hall–Kier alpha value is -3.33. The summed E-state index contributed by atoms with van der Waals surface area (Å²) in [6.07, 6.45) is 10.2. The van der Waals surface area contributed by atoms with Crippen LogP contribution in [0.3, 0.4) is 0 Å². The highest BCUT2D eigenvalue weighted by Gasteiger charge is 2.12. The summed E-state index contributed by atoms with van der Waals surface area (Å²) in [4.78, 5) is 42.1. The third-order valence-electron chi connectivity index (χ3n) is 5.64. The quantitative estimate of drug-likeness (QED) is 0.164. The van der Waals surface area contributed by atoms with Crippen molar-refractivity contribution in [2.75, 3.05) is 26.4 Å². The van der Waals surface area contributed by atoms with Gasteiger partial charge in [0.1, 0.15) is 0 Å². The molecule has 0 amide bonds. The average molecular weight is 531 g/mol. The molecule has 0 fully saturated rings. The molecule has 0 saturated carbocycles. The molecule has 0 aliphatic rings. The second-order valence-corrected chi connectivity index (χ2v) is 8.80. The van der Waals surface area contributed by atoms with Crippen molar-refractivity contribution in [1.82, 2.24) is 9.97 Å². The first-order valence-corrected chi connectivity index (χ1v) is 13.3. The summed E-state index contributed by atoms with van der Waals surface area (Å²) in [5.41, 5.74) is 1.54. The number of hydrogen-bond donors (Lipinski definition) is 0. The Kier molecular flexibility index (Phi) is 17.8. The maximum Gasteiger partial charge on any atom is 0.339 e. The van der Waals surface area contributed by atoms with Crippen molar-refractivity contribution in [3.63, 3.8) is 0 Å². The average Bonchev–Trinajstić information content (AvgIpc) is 2.96. The Balaban J connectivity index is 0.000000382. The Morgan fingerprint density at radius 3 is 1.87 bits per heavy atom. The predicted octanol–water partition coefficient (Wildman–Crippen LogP) is 5.19. The largest absolute Gasteiger partial charge is 0.465 e. The van der Waals surface area contributed by atoms with E-state index in [0.717, 1.165) is 24.8 Å². The van der Waals surface area contributed by atoms with Gasteiger partial charge in [-0.15, -0.1) is 0 Å². The molecule has 9 heteroatoms. The first kappa shape index (κ1) is 32.7. The predicted molar refractivity (Wildman–Crippen MR) is 143 cm³/mol. The third-order valence-corrected chi connectivity index (χ3v) is 5.64. The lowest BCUT2D eigenvalue weighted by atomic mass is 10.1. The second-order valence-electron chi connectivity index (χ2n) is 8.80. The van der Waals surface area contributed by atoms with E-state index < -0.39 is 0 Å². The number of hydrogen-bond acceptors (Lipinski definition) is 9. The van der Waals surface area contributed by atoms with Gasteiger partial charge in [0.05, 0.1) is 50.4 Å². The van der Waals surface area contributed by atoms with Crippen molar-refractivity contribution in [3.8, 4) is 0 Å². The molecule has 0 N–H and O–H groups in total. The minimum Gasteiger partial charge on any atom is -0.465 e. The number of pyridine rings is 2. The van der Waals surface area contributed by atoms with E-state index in [-0.39, 0.29) is 29.7 Å². The van der Waals surface area contributed by atoms with Crippen LogP contribution in [0.2, 0.25) is 0 Å². The SMILES string of the molecule is CCC(C)C(=O)OCCCCOC(=O)c1cccnc1.CCC(C)C(=O)OCCCOCc1ccncc1. The molecule has 210 valence electrons. The van der Waals surface area contributed by atoms with Gasteiger partial charge in [-0.1, -0.05) is 27.7 Å². The third kappa shape index (κ3) is 15.0. The molecular weight excluding hydrogens is 488 g/mol. The van der Waals surface area contributed by atoms with E-state index in [9.17, 15) is 14.4 Å². The van der Waals surface area contributed by atoms with Crippen LogP contribution in [0.25, 0.3) is 0 Å². The molecule has 0 aromatic carbocycles. The van der Waals surface area contributed by atoms with Gasteiger partial charge >= 0.3 is 17.9 Å². The van der Waals surface area contributed by atoms with E-state index in [1.54, 1.807) is 30.7 Å². The highest BCUT2D eigenvalue weighted by molar-refractivity contribution is 5.88. The zero-order valence-electron chi connectivity index (χ0n) is 23.1. The molecule has 2 rings (SSSR count). The molecule has 2 unspecified atom stereocenters. The van der Waals surface area contributed by atoms with Gasteiger partial charge in [0.15, 0.2) is 0 Å². The van der Waals surface area contributed by atoms with Gasteiger partial charge in [-0.2, -0.15) is 0 Å². The Morgan fingerprint density at radius 1 is 0.737 bits per heavy atom. The summed E-state index contributed by atoms with van der Waals surface area (Å²) in [6, 6.07) is 7.18. The van der Waals surface area contributed by atoms with Crippen LogP contribution < -0.4 is 0 Å². The number of unbranched alkanes of at least 4 members (excludes halogenated alkanes) is 1. The van der Waals surface area contributed by atoms with Gasteiger partial charge < -0.3 is 18.9 Å². The van der Waals surface area contributed by atoms with E-state index in [1.165, 1.54) is 6.20 Å². The molecule has 0 bridgehead atoms. The lowest BCUT2D eigenvalue weighted by Gasteiger charge is -2.09. The summed E-state index contributed by atoms with van der Waals surface area (Å²) < 4.78 is 20.8. The molecule has 0 aliphatic carbocycles. The van der Waals surface area contributed by atoms with E-state index in [1.807, 2.05) is 39.8 Å². The monoisotopic (exact) mass is 530 g/mol. The molecule has 0 radical (unpaired) electrons. The molecule has 0 aliphatic heterocycles. The van der Waals surface area contributed by atoms with Gasteiger partial charge in [0, 0.05) is 31.2 Å². The lowest BCUT2D eigenvalue weighted by molar-refractivity contribution is -0.149. The highest BCUT2D eigenvalue weighted by Crippen LogP contribution is 2.06. The van der Waals surface area contributed by atoms with E-state index >= 15 is 0 Å². The fourth-order valence-corrected chi connectivity index (χ4v) is 2.73. The minimum absolute atomic E-state index is 0.0114. The van der Waals surface area contributed by atoms with Crippen LogP contribution in [0.15, 0.2) is 49.1 Å². The number of carbonyl (C=O) groups excluding carboxylic acids is 3. The highest BCUT2D eigenvalue weighted by atomic mass is 16.5. The number of rotatable bonds is 16. The molecule has 0 saturated heterocycles. The van der Waals surface area contributed by atoms with Crippen LogP contribution in [0.4, 0.5) is 0 Å². The Morgan fingerprint density at radius 2 is 1.32 bits per heavy atom. The van der Waals surface area contributed by atoms with Gasteiger partial charge in [0.2, 0.25) is 0 Å². The summed E-state index contributed by atoms with van der Waals surface area (Å²) >= 11 is 0. The van der Waals surface area contributed by atoms with Crippen LogP contribution in [-0.4, -0.2) is 54.3 Å². The molecule has 2 aromatic rings. The first-order valence-electron chi connectivity index (χ1n) is 13.3. The Labute approximate surface area is 226 Å². The second kappa shape index (κ2) is 20.7. The summed E-state index contributed by atoms with van der Waals surface area (Å²) in [7, 11) is 0. The molecule has 0 spiro atoms. The van der Waals surface area contributed by atoms with E-state index in [0.29, 0.717) is 51.4 Å². The number of ether oxygens (including phenoxy) is 4. The van der Waals surface area contributed by atoms with E-state index in [2.05, 4.69) is 9.97 Å². The summed E-state index contributed by atoms with van der Waals surface area (Å²) in [5, 5.41) is 0. The topological polar surface area (TPSA) is 114 Å². The maximum absolute atomic E-state index is 11.6. The maximum atomic E-state index is 11.6. The number of carbonyl (C=O) groups is 3. The molecular formula is C29H42N2O7. The van der Waals surface area contributed by atoms with Crippen molar-refractivity contribution in [2.24, 2.45) is 11.8 Å². The standard InChI is InChI=1S/C15H21NO4.C14H21NO3/c1-3-12(2)14(17)19-9-4-5-10-20-15(18)13-7-6-8-16-11-13;1-3-12(2)14(16)18-10-4-9-17-11-13-5-7-15-8-6-13/h6-8,11-12H,3-5,9-10H2,1-2H3;5-8,12H,3-4,9-11H2,1-2H3. The van der Waals surface area contributed by atoms with Gasteiger partial charge in [-0.3, -0.25) is 19.6 Å². The normalized spacial score (nSPS) is 11.9. The molecule has 38 heavy (non-hydrogen) atoms. The van der Waals surface area contributed by atoms with Crippen molar-refractivity contribution < 1.29 is 33.3 Å². The molecule has 2 aromatic heterocycles. The zero-order chi connectivity index (χ0) is 28.0. The van der Waals surface area contributed by atoms with Crippen molar-refractivity contribution >= 4 is 17.9 Å². The van der Waals surface area contributed by atoms with Crippen LogP contribution in [0, 0.1) is 11.8 Å². The number of esters is 3.